The van der Waals surface area contributed by atoms with Crippen molar-refractivity contribution in [2.75, 3.05) is 26.4 Å². The fourth-order valence-electron chi connectivity index (χ4n) is 2.66. The second kappa shape index (κ2) is 11.5. The van der Waals surface area contributed by atoms with E-state index in [1.54, 1.807) is 24.3 Å². The van der Waals surface area contributed by atoms with Crippen LogP contribution in [0.15, 0.2) is 24.3 Å². The van der Waals surface area contributed by atoms with E-state index < -0.39 is 11.2 Å². The summed E-state index contributed by atoms with van der Waals surface area (Å²) in [5.74, 6) is 0.921. The van der Waals surface area contributed by atoms with E-state index in [2.05, 4.69) is 30.9 Å². The number of hydrogen-bond acceptors (Lipinski definition) is 7. The zero-order valence-corrected chi connectivity index (χ0v) is 15.8. The summed E-state index contributed by atoms with van der Waals surface area (Å²) < 4.78 is 11.1. The third kappa shape index (κ3) is 7.45. The summed E-state index contributed by atoms with van der Waals surface area (Å²) in [6, 6.07) is 6.98. The van der Waals surface area contributed by atoms with E-state index >= 15 is 0 Å². The van der Waals surface area contributed by atoms with Gasteiger partial charge in [-0.1, -0.05) is 32.9 Å². The van der Waals surface area contributed by atoms with E-state index in [0.717, 1.165) is 19.3 Å². The van der Waals surface area contributed by atoms with Gasteiger partial charge in [0.25, 0.3) is 5.09 Å². The van der Waals surface area contributed by atoms with Gasteiger partial charge in [-0.15, -0.1) is 10.1 Å². The summed E-state index contributed by atoms with van der Waals surface area (Å²) in [6.45, 7) is 6.83. The normalized spacial score (nSPS) is 12.5. The lowest BCUT2D eigenvalue weighted by Gasteiger charge is -2.33. The van der Waals surface area contributed by atoms with Gasteiger partial charge in [-0.3, -0.25) is 0 Å². The zero-order chi connectivity index (χ0) is 19.4. The standard InChI is InChI=1S/C18H30N2O6/c1-4-18(5-2,6-3)19-13-15(21)14-25-17-10-8-7-9-16(17)24-11-12-26-20(22)23/h7-10,15,19,21H,4-6,11-14H2,1-3H3. The molecule has 8 nitrogen and oxygen atoms in total. The summed E-state index contributed by atoms with van der Waals surface area (Å²) in [5, 5.41) is 22.9. The van der Waals surface area contributed by atoms with Crippen LogP contribution in [0.5, 0.6) is 11.5 Å². The Hall–Kier alpha value is -2.06. The van der Waals surface area contributed by atoms with Crippen LogP contribution in [0.3, 0.4) is 0 Å². The van der Waals surface area contributed by atoms with Gasteiger partial charge < -0.3 is 24.7 Å². The van der Waals surface area contributed by atoms with Crippen molar-refractivity contribution in [3.05, 3.63) is 34.4 Å². The van der Waals surface area contributed by atoms with Crippen LogP contribution < -0.4 is 14.8 Å². The number of benzene rings is 1. The van der Waals surface area contributed by atoms with Crippen molar-refractivity contribution < 1.29 is 24.5 Å². The first-order valence-corrected chi connectivity index (χ1v) is 9.01. The van der Waals surface area contributed by atoms with E-state index in [1.165, 1.54) is 0 Å². The molecule has 0 fully saturated rings. The molecule has 0 radical (unpaired) electrons. The molecule has 0 spiro atoms. The van der Waals surface area contributed by atoms with Gasteiger partial charge >= 0.3 is 0 Å². The van der Waals surface area contributed by atoms with Crippen molar-refractivity contribution in [1.82, 2.24) is 5.32 Å². The molecule has 1 atom stereocenters. The first-order valence-electron chi connectivity index (χ1n) is 9.01. The Morgan fingerprint density at radius 3 is 2.23 bits per heavy atom. The maximum Gasteiger partial charge on any atom is 0.294 e. The number of aliphatic hydroxyl groups excluding tert-OH is 1. The summed E-state index contributed by atoms with van der Waals surface area (Å²) in [5.41, 5.74) is 0.0407. The van der Waals surface area contributed by atoms with Gasteiger partial charge in [-0.2, -0.15) is 0 Å². The second-order valence-electron chi connectivity index (χ2n) is 6.04. The van der Waals surface area contributed by atoms with Crippen LogP contribution in [0, 0.1) is 10.1 Å². The number of ether oxygens (including phenoxy) is 2. The molecule has 0 saturated heterocycles. The van der Waals surface area contributed by atoms with E-state index in [-0.39, 0.29) is 25.4 Å². The SMILES string of the molecule is CCC(CC)(CC)NCC(O)COc1ccccc1OCCO[N+](=O)[O-]. The minimum atomic E-state index is -0.863. The van der Waals surface area contributed by atoms with Gasteiger partial charge in [0.15, 0.2) is 11.5 Å². The summed E-state index contributed by atoms with van der Waals surface area (Å²) in [4.78, 5) is 14.3. The average molecular weight is 370 g/mol. The number of hydrogen-bond donors (Lipinski definition) is 2. The molecular formula is C18H30N2O6. The Morgan fingerprint density at radius 2 is 1.69 bits per heavy atom. The number of nitrogens with one attached hydrogen (secondary N) is 1. The van der Waals surface area contributed by atoms with Gasteiger partial charge in [0.05, 0.1) is 0 Å². The highest BCUT2D eigenvalue weighted by atomic mass is 17.0. The molecule has 2 N–H and O–H groups in total. The summed E-state index contributed by atoms with van der Waals surface area (Å²) in [7, 11) is 0. The van der Waals surface area contributed by atoms with Gasteiger partial charge in [-0.05, 0) is 31.4 Å². The van der Waals surface area contributed by atoms with Crippen molar-refractivity contribution in [2.45, 2.75) is 51.7 Å². The molecule has 26 heavy (non-hydrogen) atoms. The monoisotopic (exact) mass is 370 g/mol. The molecule has 0 bridgehead atoms. The molecule has 0 aliphatic rings. The van der Waals surface area contributed by atoms with Crippen molar-refractivity contribution in [1.29, 1.82) is 0 Å². The lowest BCUT2D eigenvalue weighted by atomic mass is 9.90. The topological polar surface area (TPSA) is 103 Å². The Kier molecular flexibility index (Phi) is 9.75. The Morgan fingerprint density at radius 1 is 1.12 bits per heavy atom. The minimum Gasteiger partial charge on any atom is -0.488 e. The second-order valence-corrected chi connectivity index (χ2v) is 6.04. The molecular weight excluding hydrogens is 340 g/mol. The molecule has 1 unspecified atom stereocenters. The quantitative estimate of drug-likeness (QED) is 0.295. The third-order valence-corrected chi connectivity index (χ3v) is 4.56. The molecule has 0 heterocycles. The van der Waals surface area contributed by atoms with Crippen LogP contribution in [-0.2, 0) is 4.84 Å². The molecule has 0 saturated carbocycles. The predicted octanol–water partition coefficient (Wildman–Crippen LogP) is 2.57. The largest absolute Gasteiger partial charge is 0.488 e. The zero-order valence-electron chi connectivity index (χ0n) is 15.8. The minimum absolute atomic E-state index is 0.0253. The smallest absolute Gasteiger partial charge is 0.294 e. The Balaban J connectivity index is 2.47. The predicted molar refractivity (Wildman–Crippen MR) is 98.0 cm³/mol. The van der Waals surface area contributed by atoms with E-state index in [0.29, 0.717) is 18.0 Å². The fourth-order valence-corrected chi connectivity index (χ4v) is 2.66. The molecule has 0 aliphatic heterocycles. The first-order chi connectivity index (χ1) is 12.5. The number of nitrogens with zero attached hydrogens (tertiary/aromatic N) is 1. The molecule has 8 heteroatoms. The van der Waals surface area contributed by atoms with Crippen molar-refractivity contribution in [3.63, 3.8) is 0 Å². The van der Waals surface area contributed by atoms with Crippen LogP contribution in [0.2, 0.25) is 0 Å². The Labute approximate surface area is 154 Å². The van der Waals surface area contributed by atoms with Crippen LogP contribution in [-0.4, -0.2) is 48.2 Å². The average Bonchev–Trinajstić information content (AvgIpc) is 2.65. The van der Waals surface area contributed by atoms with Gasteiger partial charge in [-0.25, -0.2) is 0 Å². The molecule has 1 rings (SSSR count). The lowest BCUT2D eigenvalue weighted by Crippen LogP contribution is -2.47. The molecule has 0 aromatic heterocycles. The van der Waals surface area contributed by atoms with E-state index in [1.807, 2.05) is 0 Å². The third-order valence-electron chi connectivity index (χ3n) is 4.56. The van der Waals surface area contributed by atoms with Crippen LogP contribution in [0.25, 0.3) is 0 Å². The van der Waals surface area contributed by atoms with Gasteiger partial charge in [0.1, 0.15) is 25.9 Å². The first kappa shape index (κ1) is 22.0. The number of aliphatic hydroxyl groups is 1. The maximum absolute atomic E-state index is 10.2. The van der Waals surface area contributed by atoms with Crippen LogP contribution in [0.1, 0.15) is 40.0 Å². The number of para-hydroxylation sites is 2. The lowest BCUT2D eigenvalue weighted by molar-refractivity contribution is -0.757. The van der Waals surface area contributed by atoms with Crippen LogP contribution in [0.4, 0.5) is 0 Å². The van der Waals surface area contributed by atoms with Crippen molar-refractivity contribution in [3.8, 4) is 11.5 Å². The highest BCUT2D eigenvalue weighted by Crippen LogP contribution is 2.26. The van der Waals surface area contributed by atoms with E-state index in [9.17, 15) is 15.2 Å². The Bertz CT molecular complexity index is 528. The molecule has 1 aromatic carbocycles. The maximum atomic E-state index is 10.2. The summed E-state index contributed by atoms with van der Waals surface area (Å²) in [6.07, 6.45) is 2.33. The van der Waals surface area contributed by atoms with E-state index in [4.69, 9.17) is 9.47 Å². The van der Waals surface area contributed by atoms with Crippen LogP contribution >= 0.6 is 0 Å². The highest BCUT2D eigenvalue weighted by molar-refractivity contribution is 5.39. The fraction of sp³-hybridized carbons (Fsp3) is 0.667. The van der Waals surface area contributed by atoms with Gasteiger partial charge in [0, 0.05) is 12.1 Å². The summed E-state index contributed by atoms with van der Waals surface area (Å²) >= 11 is 0. The van der Waals surface area contributed by atoms with Crippen molar-refractivity contribution in [2.24, 2.45) is 0 Å². The number of β-amino-alcohol motifs (C(OH)–C–C–N with tert-alkyl or cyclic N) is 1. The van der Waals surface area contributed by atoms with Crippen molar-refractivity contribution >= 4 is 0 Å². The molecule has 0 aliphatic carbocycles. The van der Waals surface area contributed by atoms with Gasteiger partial charge in [0.2, 0.25) is 0 Å². The molecule has 0 amide bonds. The number of rotatable bonds is 14. The molecule has 1 aromatic rings. The molecule has 148 valence electrons. The highest BCUT2D eigenvalue weighted by Gasteiger charge is 2.24.